The maximum atomic E-state index is 13.0. The Hall–Kier alpha value is -2.05. The molecule has 1 unspecified atom stereocenters. The molecule has 1 aliphatic heterocycles. The molecule has 1 aliphatic rings. The van der Waals surface area contributed by atoms with Crippen LogP contribution in [0.1, 0.15) is 35.8 Å². The number of hydrogen-bond donors (Lipinski definition) is 1. The van der Waals surface area contributed by atoms with Crippen molar-refractivity contribution in [2.24, 2.45) is 0 Å². The van der Waals surface area contributed by atoms with Gasteiger partial charge in [-0.05, 0) is 37.1 Å². The molecule has 1 aromatic heterocycles. The second-order valence-corrected chi connectivity index (χ2v) is 4.77. The molecule has 2 nitrogen and oxygen atoms in total. The Morgan fingerprint density at radius 3 is 2.84 bits per heavy atom. The third kappa shape index (κ3) is 2.54. The largest absolute Gasteiger partial charge is 0.387 e. The molecule has 3 rings (SSSR count). The zero-order valence-corrected chi connectivity index (χ0v) is 10.4. The molecular weight excluding hydrogens is 241 g/mol. The minimum Gasteiger partial charge on any atom is -0.387 e. The zero-order chi connectivity index (χ0) is 13.2. The van der Waals surface area contributed by atoms with Gasteiger partial charge in [0.05, 0.1) is 6.10 Å². The van der Waals surface area contributed by atoms with Crippen LogP contribution in [0.5, 0.6) is 0 Å². The SMILES string of the molecule is OC1CCCn2cc(C#Cc3cccc(F)c3)cc21. The van der Waals surface area contributed by atoms with E-state index in [1.54, 1.807) is 12.1 Å². The summed E-state index contributed by atoms with van der Waals surface area (Å²) in [6.45, 7) is 0.925. The summed E-state index contributed by atoms with van der Waals surface area (Å²) in [6, 6.07) is 8.15. The van der Waals surface area contributed by atoms with E-state index >= 15 is 0 Å². The number of hydrogen-bond acceptors (Lipinski definition) is 1. The van der Waals surface area contributed by atoms with Crippen LogP contribution in [0, 0.1) is 17.7 Å². The summed E-state index contributed by atoms with van der Waals surface area (Å²) in [5.74, 6) is 5.68. The van der Waals surface area contributed by atoms with E-state index in [0.717, 1.165) is 30.6 Å². The van der Waals surface area contributed by atoms with Crippen molar-refractivity contribution in [3.05, 3.63) is 59.2 Å². The van der Waals surface area contributed by atoms with E-state index in [4.69, 9.17) is 0 Å². The van der Waals surface area contributed by atoms with E-state index in [0.29, 0.717) is 5.56 Å². The summed E-state index contributed by atoms with van der Waals surface area (Å²) in [4.78, 5) is 0. The van der Waals surface area contributed by atoms with Gasteiger partial charge >= 0.3 is 0 Å². The minimum atomic E-state index is -0.390. The van der Waals surface area contributed by atoms with E-state index in [9.17, 15) is 9.50 Å². The monoisotopic (exact) mass is 255 g/mol. The lowest BCUT2D eigenvalue weighted by Gasteiger charge is -2.19. The van der Waals surface area contributed by atoms with Gasteiger partial charge in [0.25, 0.3) is 0 Å². The standard InChI is InChI=1S/C16H14FNO/c17-14-4-1-3-12(9-14)6-7-13-10-15-16(19)5-2-8-18(15)11-13/h1,3-4,9-11,16,19H,2,5,8H2. The number of rotatable bonds is 0. The number of aryl methyl sites for hydroxylation is 1. The predicted octanol–water partition coefficient (Wildman–Crippen LogP) is 2.85. The fourth-order valence-electron chi connectivity index (χ4n) is 2.38. The van der Waals surface area contributed by atoms with Gasteiger partial charge in [0.15, 0.2) is 0 Å². The van der Waals surface area contributed by atoms with Crippen LogP contribution < -0.4 is 0 Å². The molecule has 0 bridgehead atoms. The molecule has 19 heavy (non-hydrogen) atoms. The van der Waals surface area contributed by atoms with Crippen LogP contribution in [0.25, 0.3) is 0 Å². The number of aromatic nitrogens is 1. The first-order chi connectivity index (χ1) is 9.22. The molecular formula is C16H14FNO. The lowest BCUT2D eigenvalue weighted by atomic mass is 10.1. The molecule has 2 aromatic rings. The molecule has 0 aliphatic carbocycles. The maximum absolute atomic E-state index is 13.0. The number of benzene rings is 1. The number of halogens is 1. The molecule has 3 heteroatoms. The van der Waals surface area contributed by atoms with E-state index in [2.05, 4.69) is 11.8 Å². The van der Waals surface area contributed by atoms with Gasteiger partial charge < -0.3 is 9.67 Å². The molecule has 0 amide bonds. The van der Waals surface area contributed by atoms with Gasteiger partial charge in [-0.3, -0.25) is 0 Å². The maximum Gasteiger partial charge on any atom is 0.124 e. The van der Waals surface area contributed by atoms with Crippen LogP contribution in [0.15, 0.2) is 36.5 Å². The van der Waals surface area contributed by atoms with Crippen molar-refractivity contribution in [2.45, 2.75) is 25.5 Å². The van der Waals surface area contributed by atoms with Crippen LogP contribution >= 0.6 is 0 Å². The average Bonchev–Trinajstić information content (AvgIpc) is 2.81. The van der Waals surface area contributed by atoms with Gasteiger partial charge in [-0.1, -0.05) is 17.9 Å². The summed E-state index contributed by atoms with van der Waals surface area (Å²) in [6.07, 6.45) is 3.35. The van der Waals surface area contributed by atoms with Gasteiger partial charge in [0.1, 0.15) is 5.82 Å². The first kappa shape index (κ1) is 12.0. The van der Waals surface area contributed by atoms with Crippen molar-refractivity contribution in [2.75, 3.05) is 0 Å². The number of aliphatic hydroxyl groups excluding tert-OH is 1. The van der Waals surface area contributed by atoms with Crippen LogP contribution in [0.3, 0.4) is 0 Å². The predicted molar refractivity (Wildman–Crippen MR) is 71.0 cm³/mol. The Bertz CT molecular complexity index is 663. The van der Waals surface area contributed by atoms with Crippen molar-refractivity contribution in [3.63, 3.8) is 0 Å². The molecule has 0 spiro atoms. The molecule has 1 N–H and O–H groups in total. The quantitative estimate of drug-likeness (QED) is 0.719. The molecule has 0 radical (unpaired) electrons. The average molecular weight is 255 g/mol. The third-order valence-electron chi connectivity index (χ3n) is 3.32. The lowest BCUT2D eigenvalue weighted by molar-refractivity contribution is 0.139. The highest BCUT2D eigenvalue weighted by atomic mass is 19.1. The molecule has 0 saturated carbocycles. The highest BCUT2D eigenvalue weighted by Crippen LogP contribution is 2.26. The first-order valence-electron chi connectivity index (χ1n) is 6.38. The van der Waals surface area contributed by atoms with Crippen LogP contribution in [0.4, 0.5) is 4.39 Å². The Kier molecular flexibility index (Phi) is 3.10. The fraction of sp³-hybridized carbons (Fsp3) is 0.250. The number of nitrogens with zero attached hydrogens (tertiary/aromatic N) is 1. The van der Waals surface area contributed by atoms with Gasteiger partial charge in [-0.2, -0.15) is 0 Å². The van der Waals surface area contributed by atoms with Crippen molar-refractivity contribution in [3.8, 4) is 11.8 Å². The normalized spacial score (nSPS) is 17.5. The summed E-state index contributed by atoms with van der Waals surface area (Å²) in [7, 11) is 0. The van der Waals surface area contributed by atoms with E-state index in [-0.39, 0.29) is 5.82 Å². The number of aliphatic hydroxyl groups is 1. The van der Waals surface area contributed by atoms with Crippen molar-refractivity contribution >= 4 is 0 Å². The Balaban J connectivity index is 1.89. The van der Waals surface area contributed by atoms with E-state index in [1.165, 1.54) is 12.1 Å². The third-order valence-corrected chi connectivity index (χ3v) is 3.32. The second kappa shape index (κ2) is 4.91. The Morgan fingerprint density at radius 1 is 1.21 bits per heavy atom. The van der Waals surface area contributed by atoms with Gasteiger partial charge in [0, 0.05) is 29.6 Å². The highest BCUT2D eigenvalue weighted by molar-refractivity contribution is 5.43. The number of fused-ring (bicyclic) bond motifs is 1. The van der Waals surface area contributed by atoms with E-state index < -0.39 is 6.10 Å². The van der Waals surface area contributed by atoms with Crippen molar-refractivity contribution < 1.29 is 9.50 Å². The van der Waals surface area contributed by atoms with Crippen LogP contribution in [0.2, 0.25) is 0 Å². The van der Waals surface area contributed by atoms with Gasteiger partial charge in [0.2, 0.25) is 0 Å². The molecule has 1 aromatic carbocycles. The molecule has 1 atom stereocenters. The Morgan fingerprint density at radius 2 is 2.05 bits per heavy atom. The molecule has 0 saturated heterocycles. The summed E-state index contributed by atoms with van der Waals surface area (Å²) >= 11 is 0. The molecule has 0 fully saturated rings. The van der Waals surface area contributed by atoms with Crippen LogP contribution in [-0.4, -0.2) is 9.67 Å². The summed E-state index contributed by atoms with van der Waals surface area (Å²) in [5, 5.41) is 9.88. The van der Waals surface area contributed by atoms with E-state index in [1.807, 2.05) is 16.8 Å². The summed E-state index contributed by atoms with van der Waals surface area (Å²) in [5.41, 5.74) is 2.44. The van der Waals surface area contributed by atoms with Gasteiger partial charge in [-0.25, -0.2) is 4.39 Å². The lowest BCUT2D eigenvalue weighted by Crippen LogP contribution is -2.13. The minimum absolute atomic E-state index is 0.279. The topological polar surface area (TPSA) is 25.2 Å². The Labute approximate surface area is 111 Å². The van der Waals surface area contributed by atoms with Crippen molar-refractivity contribution in [1.82, 2.24) is 4.57 Å². The first-order valence-corrected chi connectivity index (χ1v) is 6.38. The zero-order valence-electron chi connectivity index (χ0n) is 10.4. The van der Waals surface area contributed by atoms with Crippen molar-refractivity contribution in [1.29, 1.82) is 0 Å². The summed E-state index contributed by atoms with van der Waals surface area (Å²) < 4.78 is 15.1. The highest BCUT2D eigenvalue weighted by Gasteiger charge is 2.18. The van der Waals surface area contributed by atoms with Crippen LogP contribution in [-0.2, 0) is 6.54 Å². The van der Waals surface area contributed by atoms with Gasteiger partial charge in [-0.15, -0.1) is 0 Å². The fourth-order valence-corrected chi connectivity index (χ4v) is 2.38. The second-order valence-electron chi connectivity index (χ2n) is 4.77. The smallest absolute Gasteiger partial charge is 0.124 e. The molecule has 96 valence electrons. The molecule has 2 heterocycles.